The van der Waals surface area contributed by atoms with Gasteiger partial charge in [-0.25, -0.2) is 0 Å². The lowest BCUT2D eigenvalue weighted by Crippen LogP contribution is -2.35. The van der Waals surface area contributed by atoms with Crippen molar-refractivity contribution in [3.8, 4) is 0 Å². The largest absolute Gasteiger partial charge is 0.480 e. The van der Waals surface area contributed by atoms with Crippen LogP contribution in [0, 0.1) is 0 Å². The van der Waals surface area contributed by atoms with Crippen molar-refractivity contribution in [1.82, 2.24) is 4.90 Å². The molecule has 0 heterocycles. The zero-order valence-corrected chi connectivity index (χ0v) is 11.2. The number of hydrogen-bond acceptors (Lipinski definition) is 3. The van der Waals surface area contributed by atoms with Crippen LogP contribution in [0.4, 0.5) is 5.69 Å². The van der Waals surface area contributed by atoms with E-state index < -0.39 is 5.97 Å². The van der Waals surface area contributed by atoms with E-state index in [2.05, 4.69) is 6.58 Å². The Kier molecular flexibility index (Phi) is 5.11. The van der Waals surface area contributed by atoms with Crippen LogP contribution in [0.2, 0.25) is 0 Å². The molecule has 0 saturated heterocycles. The minimum Gasteiger partial charge on any atom is -0.480 e. The van der Waals surface area contributed by atoms with Crippen LogP contribution in [0.3, 0.4) is 0 Å². The Morgan fingerprint density at radius 3 is 2.58 bits per heavy atom. The van der Waals surface area contributed by atoms with E-state index in [1.165, 1.54) is 11.0 Å². The lowest BCUT2D eigenvalue weighted by atomic mass is 10.1. The van der Waals surface area contributed by atoms with E-state index in [-0.39, 0.29) is 19.0 Å². The molecule has 0 aliphatic heterocycles. The van der Waals surface area contributed by atoms with Crippen LogP contribution in [0.25, 0.3) is 0 Å². The highest BCUT2D eigenvalue weighted by atomic mass is 16.4. The molecule has 0 spiro atoms. The summed E-state index contributed by atoms with van der Waals surface area (Å²) in [5, 5.41) is 8.81. The molecule has 1 amide bonds. The van der Waals surface area contributed by atoms with Gasteiger partial charge in [0.1, 0.15) is 6.54 Å². The van der Waals surface area contributed by atoms with Crippen LogP contribution < -0.4 is 4.90 Å². The van der Waals surface area contributed by atoms with Crippen molar-refractivity contribution in [2.75, 3.05) is 32.1 Å². The summed E-state index contributed by atoms with van der Waals surface area (Å²) < 4.78 is 0. The maximum atomic E-state index is 12.2. The van der Waals surface area contributed by atoms with Crippen molar-refractivity contribution in [3.63, 3.8) is 0 Å². The van der Waals surface area contributed by atoms with Crippen LogP contribution in [0.1, 0.15) is 10.4 Å². The van der Waals surface area contributed by atoms with E-state index in [0.29, 0.717) is 5.56 Å². The van der Waals surface area contributed by atoms with Gasteiger partial charge in [0.25, 0.3) is 5.91 Å². The third kappa shape index (κ3) is 4.13. The minimum atomic E-state index is -1.04. The SMILES string of the molecule is C=CCN(CC(=O)O)C(=O)c1cccc(N(C)C)c1. The van der Waals surface area contributed by atoms with Gasteiger partial charge in [-0.3, -0.25) is 9.59 Å². The van der Waals surface area contributed by atoms with Crippen LogP contribution in [0.5, 0.6) is 0 Å². The van der Waals surface area contributed by atoms with Gasteiger partial charge >= 0.3 is 5.97 Å². The fourth-order valence-corrected chi connectivity index (χ4v) is 1.64. The third-order valence-electron chi connectivity index (χ3n) is 2.57. The second kappa shape index (κ2) is 6.58. The van der Waals surface area contributed by atoms with Crippen molar-refractivity contribution in [2.45, 2.75) is 0 Å². The zero-order valence-electron chi connectivity index (χ0n) is 11.2. The molecule has 1 aromatic carbocycles. The van der Waals surface area contributed by atoms with Crippen molar-refractivity contribution < 1.29 is 14.7 Å². The number of hydrogen-bond donors (Lipinski definition) is 1. The summed E-state index contributed by atoms with van der Waals surface area (Å²) in [6, 6.07) is 7.06. The molecule has 1 aromatic rings. The van der Waals surface area contributed by atoms with Crippen LogP contribution >= 0.6 is 0 Å². The molecule has 0 radical (unpaired) electrons. The van der Waals surface area contributed by atoms with Gasteiger partial charge in [0.2, 0.25) is 0 Å². The first kappa shape index (κ1) is 14.8. The number of benzene rings is 1. The Labute approximate surface area is 112 Å². The molecule has 0 aliphatic carbocycles. The van der Waals surface area contributed by atoms with E-state index in [0.717, 1.165) is 5.69 Å². The van der Waals surface area contributed by atoms with E-state index in [1.807, 2.05) is 25.1 Å². The van der Waals surface area contributed by atoms with Gasteiger partial charge in [0.15, 0.2) is 0 Å². The zero-order chi connectivity index (χ0) is 14.4. The standard InChI is InChI=1S/C14H18N2O3/c1-4-8-16(10-13(17)18)14(19)11-6-5-7-12(9-11)15(2)3/h4-7,9H,1,8,10H2,2-3H3,(H,17,18). The molecule has 5 nitrogen and oxygen atoms in total. The van der Waals surface area contributed by atoms with Gasteiger partial charge in [-0.15, -0.1) is 6.58 Å². The van der Waals surface area contributed by atoms with Crippen molar-refractivity contribution in [2.24, 2.45) is 0 Å². The molecule has 0 aromatic heterocycles. The molecule has 0 atom stereocenters. The molecule has 0 saturated carbocycles. The van der Waals surface area contributed by atoms with Crippen LogP contribution in [0.15, 0.2) is 36.9 Å². The average Bonchev–Trinajstić information content (AvgIpc) is 2.37. The fraction of sp³-hybridized carbons (Fsp3) is 0.286. The van der Waals surface area contributed by atoms with Gasteiger partial charge in [0, 0.05) is 31.9 Å². The van der Waals surface area contributed by atoms with Gasteiger partial charge in [0.05, 0.1) is 0 Å². The number of amides is 1. The molecular weight excluding hydrogens is 244 g/mol. The van der Waals surface area contributed by atoms with Gasteiger partial charge in [-0.1, -0.05) is 12.1 Å². The number of nitrogens with zero attached hydrogens (tertiary/aromatic N) is 2. The molecule has 0 unspecified atom stereocenters. The molecule has 19 heavy (non-hydrogen) atoms. The predicted octanol–water partition coefficient (Wildman–Crippen LogP) is 1.47. The van der Waals surface area contributed by atoms with E-state index in [1.54, 1.807) is 18.2 Å². The molecule has 1 N–H and O–H groups in total. The van der Waals surface area contributed by atoms with E-state index in [4.69, 9.17) is 5.11 Å². The second-order valence-electron chi connectivity index (χ2n) is 4.31. The highest BCUT2D eigenvalue weighted by Crippen LogP contribution is 2.15. The smallest absolute Gasteiger partial charge is 0.323 e. The molecule has 5 heteroatoms. The van der Waals surface area contributed by atoms with E-state index in [9.17, 15) is 9.59 Å². The number of carboxylic acid groups (broad SMARTS) is 1. The monoisotopic (exact) mass is 262 g/mol. The Balaban J connectivity index is 2.98. The van der Waals surface area contributed by atoms with Crippen molar-refractivity contribution in [3.05, 3.63) is 42.5 Å². The first-order valence-corrected chi connectivity index (χ1v) is 5.85. The third-order valence-corrected chi connectivity index (χ3v) is 2.57. The normalized spacial score (nSPS) is 9.79. The quantitative estimate of drug-likeness (QED) is 0.789. The summed E-state index contributed by atoms with van der Waals surface area (Å²) in [6.45, 7) is 3.40. The molecular formula is C14H18N2O3. The fourth-order valence-electron chi connectivity index (χ4n) is 1.64. The summed E-state index contributed by atoms with van der Waals surface area (Å²) in [5.74, 6) is -1.36. The van der Waals surface area contributed by atoms with E-state index >= 15 is 0 Å². The maximum absolute atomic E-state index is 12.2. The Morgan fingerprint density at radius 1 is 1.37 bits per heavy atom. The Hall–Kier alpha value is -2.30. The first-order valence-electron chi connectivity index (χ1n) is 5.85. The highest BCUT2D eigenvalue weighted by molar-refractivity contribution is 5.96. The number of carbonyl (C=O) groups excluding carboxylic acids is 1. The summed E-state index contributed by atoms with van der Waals surface area (Å²) >= 11 is 0. The van der Waals surface area contributed by atoms with Gasteiger partial charge in [-0.05, 0) is 18.2 Å². The van der Waals surface area contributed by atoms with Gasteiger partial charge in [-0.2, -0.15) is 0 Å². The average molecular weight is 262 g/mol. The second-order valence-corrected chi connectivity index (χ2v) is 4.31. The van der Waals surface area contributed by atoms with Crippen LogP contribution in [-0.4, -0.2) is 49.1 Å². The number of rotatable bonds is 6. The lowest BCUT2D eigenvalue weighted by Gasteiger charge is -2.20. The molecule has 0 aliphatic rings. The van der Waals surface area contributed by atoms with Gasteiger partial charge < -0.3 is 14.9 Å². The summed E-state index contributed by atoms with van der Waals surface area (Å²) in [7, 11) is 3.75. The Bertz CT molecular complexity index is 483. The number of carbonyl (C=O) groups is 2. The summed E-state index contributed by atoms with van der Waals surface area (Å²) in [6.07, 6.45) is 1.51. The maximum Gasteiger partial charge on any atom is 0.323 e. The number of aliphatic carboxylic acids is 1. The summed E-state index contributed by atoms with van der Waals surface area (Å²) in [5.41, 5.74) is 1.36. The molecule has 0 bridgehead atoms. The molecule has 1 rings (SSSR count). The van der Waals surface area contributed by atoms with Crippen molar-refractivity contribution in [1.29, 1.82) is 0 Å². The first-order chi connectivity index (χ1) is 8.95. The molecule has 102 valence electrons. The topological polar surface area (TPSA) is 60.9 Å². The number of carboxylic acids is 1. The van der Waals surface area contributed by atoms with Crippen LogP contribution in [-0.2, 0) is 4.79 Å². The minimum absolute atomic E-state index is 0.206. The highest BCUT2D eigenvalue weighted by Gasteiger charge is 2.17. The number of anilines is 1. The Morgan fingerprint density at radius 2 is 2.05 bits per heavy atom. The molecule has 0 fully saturated rings. The van der Waals surface area contributed by atoms with Crippen molar-refractivity contribution >= 4 is 17.6 Å². The lowest BCUT2D eigenvalue weighted by molar-refractivity contribution is -0.137. The predicted molar refractivity (Wildman–Crippen MR) is 74.5 cm³/mol. The summed E-state index contributed by atoms with van der Waals surface area (Å²) in [4.78, 5) is 26.1.